The first kappa shape index (κ1) is 19.3. The van der Waals surface area contributed by atoms with Gasteiger partial charge < -0.3 is 0 Å². The standard InChI is InChI=1S/C15H11.2C2H6.Y/c1-11-14-8-4-2-6-12(14)10-13-7-3-5-9-15(11)13;2*1-2;/h2-9H,1H3;2*1-2H3;/q-1;;;. The van der Waals surface area contributed by atoms with E-state index in [-0.39, 0.29) is 32.7 Å². The van der Waals surface area contributed by atoms with Crippen LogP contribution in [0.1, 0.15) is 33.3 Å². The number of fused-ring (bicyclic) bond motifs is 2. The fourth-order valence-electron chi connectivity index (χ4n) is 2.13. The maximum Gasteiger partial charge on any atom is 0 e. The Hall–Kier alpha value is -0.716. The van der Waals surface area contributed by atoms with Gasteiger partial charge in [-0.1, -0.05) is 81.8 Å². The zero-order valence-corrected chi connectivity index (χ0v) is 16.0. The molecule has 0 saturated carbocycles. The van der Waals surface area contributed by atoms with Crippen LogP contribution >= 0.6 is 0 Å². The van der Waals surface area contributed by atoms with Gasteiger partial charge >= 0.3 is 0 Å². The quantitative estimate of drug-likeness (QED) is 0.340. The first-order chi connectivity index (χ1) is 9.36. The molecule has 0 aliphatic carbocycles. The second-order valence-corrected chi connectivity index (χ2v) is 3.84. The normalized spacial score (nSPS) is 8.85. The van der Waals surface area contributed by atoms with E-state index in [4.69, 9.17) is 0 Å². The van der Waals surface area contributed by atoms with E-state index < -0.39 is 0 Å². The molecule has 0 aromatic heterocycles. The van der Waals surface area contributed by atoms with E-state index in [9.17, 15) is 0 Å². The molecule has 0 atom stereocenters. The zero-order chi connectivity index (χ0) is 14.3. The molecule has 0 bridgehead atoms. The summed E-state index contributed by atoms with van der Waals surface area (Å²) in [5.74, 6) is 0. The van der Waals surface area contributed by atoms with Gasteiger partial charge in [0.25, 0.3) is 0 Å². The summed E-state index contributed by atoms with van der Waals surface area (Å²) in [5, 5.41) is 5.01. The van der Waals surface area contributed by atoms with Gasteiger partial charge in [-0.05, 0) is 0 Å². The maximum absolute atomic E-state index is 3.45. The van der Waals surface area contributed by atoms with Crippen molar-refractivity contribution in [1.82, 2.24) is 0 Å². The van der Waals surface area contributed by atoms with Gasteiger partial charge in [-0.25, -0.2) is 0 Å². The first-order valence-electron chi connectivity index (χ1n) is 7.15. The van der Waals surface area contributed by atoms with Crippen LogP contribution in [-0.2, 0) is 32.7 Å². The number of rotatable bonds is 0. The Balaban J connectivity index is 0.000000667. The molecule has 3 aromatic rings. The molecule has 1 radical (unpaired) electrons. The minimum Gasteiger partial charge on any atom is -0.118 e. The second kappa shape index (κ2) is 10.1. The third kappa shape index (κ3) is 4.14. The maximum atomic E-state index is 3.45. The molecule has 0 spiro atoms. The molecule has 3 aromatic carbocycles. The summed E-state index contributed by atoms with van der Waals surface area (Å²) >= 11 is 0. The van der Waals surface area contributed by atoms with Crippen molar-refractivity contribution in [3.63, 3.8) is 0 Å². The van der Waals surface area contributed by atoms with Gasteiger partial charge in [0.05, 0.1) is 0 Å². The molecule has 0 aliphatic heterocycles. The molecular formula is C19H23Y-. The summed E-state index contributed by atoms with van der Waals surface area (Å²) in [6.45, 7) is 10.2. The van der Waals surface area contributed by atoms with E-state index in [2.05, 4.69) is 61.5 Å². The molecule has 103 valence electrons. The Morgan fingerprint density at radius 2 is 1.00 bits per heavy atom. The molecule has 0 N–H and O–H groups in total. The number of hydrogen-bond donors (Lipinski definition) is 0. The molecule has 0 unspecified atom stereocenters. The number of hydrogen-bond acceptors (Lipinski definition) is 0. The predicted molar refractivity (Wildman–Crippen MR) is 87.7 cm³/mol. The molecule has 1 heteroatoms. The van der Waals surface area contributed by atoms with Crippen molar-refractivity contribution < 1.29 is 32.7 Å². The molecular weight excluding hydrogens is 317 g/mol. The van der Waals surface area contributed by atoms with Crippen LogP contribution in [0.4, 0.5) is 0 Å². The van der Waals surface area contributed by atoms with Crippen LogP contribution in [0.15, 0.2) is 48.5 Å². The third-order valence-electron chi connectivity index (χ3n) is 2.93. The monoisotopic (exact) mass is 340 g/mol. The molecule has 3 rings (SSSR count). The largest absolute Gasteiger partial charge is 0.118 e. The van der Waals surface area contributed by atoms with Gasteiger partial charge in [0.1, 0.15) is 0 Å². The van der Waals surface area contributed by atoms with Crippen LogP contribution in [0.25, 0.3) is 21.5 Å². The molecule has 0 aliphatic rings. The molecule has 0 saturated heterocycles. The molecule has 0 nitrogen and oxygen atoms in total. The van der Waals surface area contributed by atoms with Crippen molar-refractivity contribution in [1.29, 1.82) is 0 Å². The Labute approximate surface area is 148 Å². The summed E-state index contributed by atoms with van der Waals surface area (Å²) in [4.78, 5) is 0. The smallest absolute Gasteiger partial charge is 0 e. The minimum atomic E-state index is 0. The van der Waals surface area contributed by atoms with Gasteiger partial charge in [-0.15, -0.1) is 34.5 Å². The van der Waals surface area contributed by atoms with Gasteiger partial charge in [-0.3, -0.25) is 0 Å². The number of benzene rings is 3. The summed E-state index contributed by atoms with van der Waals surface area (Å²) in [5.41, 5.74) is 1.35. The molecule has 0 fully saturated rings. The van der Waals surface area contributed by atoms with Crippen LogP contribution < -0.4 is 0 Å². The van der Waals surface area contributed by atoms with Crippen molar-refractivity contribution in [2.24, 2.45) is 0 Å². The minimum absolute atomic E-state index is 0. The van der Waals surface area contributed by atoms with E-state index >= 15 is 0 Å². The molecule has 0 amide bonds. The van der Waals surface area contributed by atoms with Gasteiger partial charge in [0.2, 0.25) is 0 Å². The van der Waals surface area contributed by atoms with Crippen LogP contribution in [0.2, 0.25) is 0 Å². The summed E-state index contributed by atoms with van der Waals surface area (Å²) < 4.78 is 0. The van der Waals surface area contributed by atoms with Crippen LogP contribution in [-0.4, -0.2) is 0 Å². The summed E-state index contributed by atoms with van der Waals surface area (Å²) in [6.07, 6.45) is 0. The summed E-state index contributed by atoms with van der Waals surface area (Å²) in [6, 6.07) is 20.3. The average Bonchev–Trinajstić information content (AvgIpc) is 2.52. The summed E-state index contributed by atoms with van der Waals surface area (Å²) in [7, 11) is 0. The average molecular weight is 340 g/mol. The van der Waals surface area contributed by atoms with Crippen molar-refractivity contribution in [3.8, 4) is 0 Å². The first-order valence-corrected chi connectivity index (χ1v) is 7.15. The second-order valence-electron chi connectivity index (χ2n) is 3.84. The predicted octanol–water partition coefficient (Wildman–Crippen LogP) is 6.15. The van der Waals surface area contributed by atoms with E-state index in [1.54, 1.807) is 0 Å². The topological polar surface area (TPSA) is 0 Å². The Bertz CT molecular complexity index is 587. The Kier molecular flexibility index (Phi) is 9.71. The van der Waals surface area contributed by atoms with Crippen molar-refractivity contribution in [3.05, 3.63) is 60.2 Å². The van der Waals surface area contributed by atoms with Crippen molar-refractivity contribution >= 4 is 21.5 Å². The fraction of sp³-hybridized carbons (Fsp3) is 0.263. The van der Waals surface area contributed by atoms with Crippen LogP contribution in [0, 0.1) is 13.0 Å². The van der Waals surface area contributed by atoms with Crippen LogP contribution in [0.3, 0.4) is 0 Å². The third-order valence-corrected chi connectivity index (χ3v) is 2.93. The molecule has 0 heterocycles. The van der Waals surface area contributed by atoms with Gasteiger partial charge in [-0.2, -0.15) is 0 Å². The van der Waals surface area contributed by atoms with Gasteiger partial charge in [0, 0.05) is 32.7 Å². The van der Waals surface area contributed by atoms with Crippen molar-refractivity contribution in [2.75, 3.05) is 0 Å². The molecule has 20 heavy (non-hydrogen) atoms. The SMILES string of the molecule is CC.CC.Cc1c2ccccc2[c-]c2ccccc12.[Y]. The van der Waals surface area contributed by atoms with Crippen LogP contribution in [0.5, 0.6) is 0 Å². The van der Waals surface area contributed by atoms with Gasteiger partial charge in [0.15, 0.2) is 0 Å². The Morgan fingerprint density at radius 3 is 1.40 bits per heavy atom. The zero-order valence-electron chi connectivity index (χ0n) is 13.2. The van der Waals surface area contributed by atoms with E-state index in [1.807, 2.05) is 27.7 Å². The number of aryl methyl sites for hydroxylation is 1. The van der Waals surface area contributed by atoms with E-state index in [0.29, 0.717) is 0 Å². The Morgan fingerprint density at radius 1 is 0.650 bits per heavy atom. The van der Waals surface area contributed by atoms with E-state index in [0.717, 1.165) is 0 Å². The van der Waals surface area contributed by atoms with E-state index in [1.165, 1.54) is 27.1 Å². The fourth-order valence-corrected chi connectivity index (χ4v) is 2.13. The van der Waals surface area contributed by atoms with Crippen molar-refractivity contribution in [2.45, 2.75) is 34.6 Å².